The van der Waals surface area contributed by atoms with Crippen molar-refractivity contribution in [3.63, 3.8) is 0 Å². The van der Waals surface area contributed by atoms with Gasteiger partial charge in [0.15, 0.2) is 17.5 Å². The Hall–Kier alpha value is -1.12. The van der Waals surface area contributed by atoms with Crippen molar-refractivity contribution in [2.45, 2.75) is 4.90 Å². The van der Waals surface area contributed by atoms with E-state index in [1.165, 1.54) is 4.83 Å². The zero-order valence-corrected chi connectivity index (χ0v) is 7.41. The maximum atomic E-state index is 12.6. The Morgan fingerprint density at radius 1 is 1.14 bits per heavy atom. The molecule has 1 rings (SSSR count). The average molecular weight is 226 g/mol. The summed E-state index contributed by atoms with van der Waals surface area (Å²) in [5.41, 5.74) is 0. The van der Waals surface area contributed by atoms with Gasteiger partial charge in [0.1, 0.15) is 0 Å². The summed E-state index contributed by atoms with van der Waals surface area (Å²) in [7, 11) is -4.18. The molecule has 0 radical (unpaired) electrons. The highest BCUT2D eigenvalue weighted by Gasteiger charge is 2.18. The number of nitrogens with two attached hydrogens (primary N) is 1. The van der Waals surface area contributed by atoms with Crippen LogP contribution in [0.3, 0.4) is 0 Å². The lowest BCUT2D eigenvalue weighted by Gasteiger charge is -2.02. The Balaban J connectivity index is 3.41. The molecule has 0 aliphatic heterocycles. The minimum absolute atomic E-state index is 0.327. The lowest BCUT2D eigenvalue weighted by Crippen LogP contribution is -2.30. The summed E-state index contributed by atoms with van der Waals surface area (Å²) in [6.07, 6.45) is 0. The fraction of sp³-hybridized carbons (Fsp3) is 0. The van der Waals surface area contributed by atoms with E-state index in [4.69, 9.17) is 0 Å². The monoisotopic (exact) mass is 226 g/mol. The third-order valence-corrected chi connectivity index (χ3v) is 2.59. The lowest BCUT2D eigenvalue weighted by molar-refractivity contribution is 0.442. The summed E-state index contributed by atoms with van der Waals surface area (Å²) in [5.74, 6) is -0.332. The zero-order valence-electron chi connectivity index (χ0n) is 6.59. The van der Waals surface area contributed by atoms with Gasteiger partial charge in [0, 0.05) is 0 Å². The number of hydrogen-bond acceptors (Lipinski definition) is 3. The van der Waals surface area contributed by atoms with Crippen molar-refractivity contribution >= 4 is 10.0 Å². The van der Waals surface area contributed by atoms with Crippen LogP contribution in [0.5, 0.6) is 0 Å². The highest BCUT2D eigenvalue weighted by Crippen LogP contribution is 2.16. The van der Waals surface area contributed by atoms with E-state index in [-0.39, 0.29) is 0 Å². The number of nitrogens with one attached hydrogen (secondary N) is 1. The van der Waals surface area contributed by atoms with Crippen LogP contribution in [-0.4, -0.2) is 8.42 Å². The topological polar surface area (TPSA) is 72.2 Å². The molecule has 0 bridgehead atoms. The third-order valence-electron chi connectivity index (χ3n) is 1.42. The Morgan fingerprint density at radius 3 is 1.93 bits per heavy atom. The number of benzene rings is 1. The normalized spacial score (nSPS) is 11.7. The minimum atomic E-state index is -4.18. The molecular weight excluding hydrogens is 221 g/mol. The van der Waals surface area contributed by atoms with E-state index in [1.807, 2.05) is 0 Å². The van der Waals surface area contributed by atoms with Gasteiger partial charge in [-0.1, -0.05) is 0 Å². The first-order chi connectivity index (χ1) is 6.38. The van der Waals surface area contributed by atoms with Crippen LogP contribution in [0.1, 0.15) is 0 Å². The standard InChI is InChI=1S/C6H5F3N2O2S/c7-4-1-3(14(12,13)11-10)2-5(8)6(4)9/h1-2,11H,10H2. The fourth-order valence-corrected chi connectivity index (χ4v) is 1.41. The van der Waals surface area contributed by atoms with Gasteiger partial charge in [-0.05, 0) is 12.1 Å². The Bertz CT molecular complexity index is 437. The largest absolute Gasteiger partial charge is 0.257 e. The van der Waals surface area contributed by atoms with Gasteiger partial charge >= 0.3 is 0 Å². The predicted octanol–water partition coefficient (Wildman–Crippen LogP) is 0.256. The maximum Gasteiger partial charge on any atom is 0.253 e. The van der Waals surface area contributed by atoms with Crippen LogP contribution in [0.4, 0.5) is 13.2 Å². The molecule has 3 N–H and O–H groups in total. The molecule has 0 aromatic heterocycles. The molecule has 0 unspecified atom stereocenters. The summed E-state index contributed by atoms with van der Waals surface area (Å²) in [4.78, 5) is 0.567. The predicted molar refractivity (Wildman–Crippen MR) is 40.8 cm³/mol. The van der Waals surface area contributed by atoms with Crippen LogP contribution < -0.4 is 10.7 Å². The molecule has 0 saturated carbocycles. The van der Waals surface area contributed by atoms with Crippen molar-refractivity contribution < 1.29 is 21.6 Å². The maximum absolute atomic E-state index is 12.6. The molecular formula is C6H5F3N2O2S. The number of halogens is 3. The smallest absolute Gasteiger partial charge is 0.253 e. The van der Waals surface area contributed by atoms with Gasteiger partial charge in [0.2, 0.25) is 0 Å². The Labute approximate surface area is 77.5 Å². The van der Waals surface area contributed by atoms with Crippen molar-refractivity contribution in [1.82, 2.24) is 4.83 Å². The van der Waals surface area contributed by atoms with Gasteiger partial charge in [0.05, 0.1) is 4.90 Å². The first-order valence-corrected chi connectivity index (χ1v) is 4.74. The molecule has 14 heavy (non-hydrogen) atoms. The zero-order chi connectivity index (χ0) is 10.9. The van der Waals surface area contributed by atoms with E-state index < -0.39 is 32.4 Å². The van der Waals surface area contributed by atoms with Gasteiger partial charge in [-0.3, -0.25) is 5.84 Å². The molecule has 0 spiro atoms. The lowest BCUT2D eigenvalue weighted by atomic mass is 10.3. The molecule has 0 saturated heterocycles. The second kappa shape index (κ2) is 3.56. The first-order valence-electron chi connectivity index (χ1n) is 3.25. The van der Waals surface area contributed by atoms with Crippen LogP contribution in [0.15, 0.2) is 17.0 Å². The molecule has 8 heteroatoms. The van der Waals surface area contributed by atoms with Gasteiger partial charge < -0.3 is 0 Å². The van der Waals surface area contributed by atoms with Gasteiger partial charge in [-0.2, -0.15) is 4.83 Å². The van der Waals surface area contributed by atoms with Crippen LogP contribution >= 0.6 is 0 Å². The summed E-state index contributed by atoms with van der Waals surface area (Å²) >= 11 is 0. The van der Waals surface area contributed by atoms with Crippen LogP contribution in [0, 0.1) is 17.5 Å². The van der Waals surface area contributed by atoms with E-state index in [0.717, 1.165) is 0 Å². The fourth-order valence-electron chi connectivity index (χ4n) is 0.755. The van der Waals surface area contributed by atoms with Gasteiger partial charge in [-0.15, -0.1) is 0 Å². The molecule has 4 nitrogen and oxygen atoms in total. The molecule has 0 heterocycles. The van der Waals surface area contributed by atoms with E-state index >= 15 is 0 Å². The van der Waals surface area contributed by atoms with Crippen molar-refractivity contribution in [2.75, 3.05) is 0 Å². The van der Waals surface area contributed by atoms with E-state index in [2.05, 4.69) is 5.84 Å². The number of hydrogen-bond donors (Lipinski definition) is 2. The first kappa shape index (κ1) is 11.0. The van der Waals surface area contributed by atoms with E-state index in [9.17, 15) is 21.6 Å². The summed E-state index contributed by atoms with van der Waals surface area (Å²) in [5, 5.41) is 0. The Kier molecular flexibility index (Phi) is 2.79. The number of hydrazine groups is 1. The average Bonchev–Trinajstić information content (AvgIpc) is 2.13. The quantitative estimate of drug-likeness (QED) is 0.431. The Morgan fingerprint density at radius 2 is 1.57 bits per heavy atom. The number of sulfonamides is 1. The van der Waals surface area contributed by atoms with Crippen LogP contribution in [-0.2, 0) is 10.0 Å². The number of rotatable bonds is 2. The van der Waals surface area contributed by atoms with Crippen molar-refractivity contribution in [2.24, 2.45) is 5.84 Å². The third kappa shape index (κ3) is 1.86. The van der Waals surface area contributed by atoms with Gasteiger partial charge in [-0.25, -0.2) is 21.6 Å². The highest BCUT2D eigenvalue weighted by molar-refractivity contribution is 7.89. The summed E-state index contributed by atoms with van der Waals surface area (Å²) in [6, 6.07) is 0.654. The second-order valence-corrected chi connectivity index (χ2v) is 4.04. The molecule has 0 fully saturated rings. The van der Waals surface area contributed by atoms with Crippen molar-refractivity contribution in [1.29, 1.82) is 0 Å². The summed E-state index contributed by atoms with van der Waals surface area (Å²) < 4.78 is 59.4. The molecule has 0 atom stereocenters. The van der Waals surface area contributed by atoms with Crippen molar-refractivity contribution in [3.8, 4) is 0 Å². The molecule has 1 aromatic rings. The van der Waals surface area contributed by atoms with Crippen LogP contribution in [0.2, 0.25) is 0 Å². The van der Waals surface area contributed by atoms with Crippen molar-refractivity contribution in [3.05, 3.63) is 29.6 Å². The SMILES string of the molecule is NNS(=O)(=O)c1cc(F)c(F)c(F)c1. The highest BCUT2D eigenvalue weighted by atomic mass is 32.2. The molecule has 1 aromatic carbocycles. The summed E-state index contributed by atoms with van der Waals surface area (Å²) in [6.45, 7) is 0. The molecule has 0 amide bonds. The molecule has 78 valence electrons. The van der Waals surface area contributed by atoms with E-state index in [1.54, 1.807) is 0 Å². The van der Waals surface area contributed by atoms with Crippen LogP contribution in [0.25, 0.3) is 0 Å². The van der Waals surface area contributed by atoms with E-state index in [0.29, 0.717) is 12.1 Å². The van der Waals surface area contributed by atoms with Gasteiger partial charge in [0.25, 0.3) is 10.0 Å². The minimum Gasteiger partial charge on any atom is -0.257 e. The molecule has 0 aliphatic carbocycles. The second-order valence-electron chi connectivity index (χ2n) is 2.32. The molecule has 0 aliphatic rings.